The van der Waals surface area contributed by atoms with Gasteiger partial charge in [-0.1, -0.05) is 25.5 Å². The molecule has 2 aromatic rings. The first-order chi connectivity index (χ1) is 18.0. The average Bonchev–Trinajstić information content (AvgIpc) is 3.64. The van der Waals surface area contributed by atoms with E-state index in [1.807, 2.05) is 34.0 Å². The lowest BCUT2D eigenvalue weighted by Crippen LogP contribution is -2.45. The number of carbonyl (C=O) groups is 2. The molecule has 202 valence electrons. The Balaban J connectivity index is 1.56. The van der Waals surface area contributed by atoms with Crippen molar-refractivity contribution in [2.75, 3.05) is 39.3 Å². The molecule has 1 aromatic carbocycles. The van der Waals surface area contributed by atoms with Crippen molar-refractivity contribution in [1.82, 2.24) is 19.6 Å². The number of carboxylic acid groups (broad SMARTS) is 1. The van der Waals surface area contributed by atoms with Gasteiger partial charge in [0.2, 0.25) is 5.91 Å². The molecule has 0 bridgehead atoms. The number of fused-ring (bicyclic) bond motifs is 1. The highest BCUT2D eigenvalue weighted by atomic mass is 16.5. The van der Waals surface area contributed by atoms with Gasteiger partial charge in [0, 0.05) is 57.0 Å². The molecule has 3 atom stereocenters. The van der Waals surface area contributed by atoms with E-state index < -0.39 is 11.9 Å². The van der Waals surface area contributed by atoms with E-state index in [-0.39, 0.29) is 24.4 Å². The summed E-state index contributed by atoms with van der Waals surface area (Å²) in [5.74, 6) is -0.653. The first kappa shape index (κ1) is 27.1. The topological polar surface area (TPSA) is 114 Å². The molecule has 9 nitrogen and oxygen atoms in total. The second-order valence-corrected chi connectivity index (χ2v) is 10.2. The first-order valence-corrected chi connectivity index (χ1v) is 13.7. The average molecular weight is 512 g/mol. The van der Waals surface area contributed by atoms with E-state index >= 15 is 0 Å². The van der Waals surface area contributed by atoms with E-state index in [1.165, 1.54) is 0 Å². The molecule has 2 aliphatic heterocycles. The normalized spacial score (nSPS) is 21.1. The standard InChI is InChI=1S/C28H41N5O4/c1-2-3-13-31(14-5-4-11-29)26(34)20-32-19-23(21-7-8-25-22(18-21)10-17-37-25)27(28(35)36)24(32)9-16-33-15-6-12-30-33/h6-8,12,15,18,23-24,27H,2-5,9-11,13-14,16-17,19-20,29H2,1H3,(H,35,36)/t23-,24+,27-/m1/s1. The third-order valence-corrected chi connectivity index (χ3v) is 7.74. The van der Waals surface area contributed by atoms with Crippen LogP contribution in [-0.2, 0) is 22.6 Å². The van der Waals surface area contributed by atoms with Gasteiger partial charge in [0.15, 0.2) is 0 Å². The predicted molar refractivity (Wildman–Crippen MR) is 141 cm³/mol. The lowest BCUT2D eigenvalue weighted by molar-refractivity contribution is -0.144. The summed E-state index contributed by atoms with van der Waals surface area (Å²) in [5.41, 5.74) is 7.83. The van der Waals surface area contributed by atoms with Crippen LogP contribution in [0.25, 0.3) is 0 Å². The van der Waals surface area contributed by atoms with Gasteiger partial charge >= 0.3 is 5.97 Å². The van der Waals surface area contributed by atoms with Crippen molar-refractivity contribution in [2.45, 2.75) is 64.0 Å². The number of amides is 1. The zero-order valence-corrected chi connectivity index (χ0v) is 21.9. The summed E-state index contributed by atoms with van der Waals surface area (Å²) in [6, 6.07) is 7.68. The van der Waals surface area contributed by atoms with Crippen LogP contribution in [-0.4, -0.2) is 81.9 Å². The number of rotatable bonds is 14. The van der Waals surface area contributed by atoms with Gasteiger partial charge in [0.05, 0.1) is 19.1 Å². The molecule has 0 spiro atoms. The van der Waals surface area contributed by atoms with Gasteiger partial charge in [0.1, 0.15) is 5.75 Å². The summed E-state index contributed by atoms with van der Waals surface area (Å²) in [6.07, 6.45) is 8.81. The first-order valence-electron chi connectivity index (χ1n) is 13.7. The minimum Gasteiger partial charge on any atom is -0.493 e. The van der Waals surface area contributed by atoms with Crippen molar-refractivity contribution in [3.8, 4) is 5.75 Å². The van der Waals surface area contributed by atoms with Crippen LogP contribution in [0.3, 0.4) is 0 Å². The summed E-state index contributed by atoms with van der Waals surface area (Å²) in [4.78, 5) is 30.3. The quantitative estimate of drug-likeness (QED) is 0.375. The SMILES string of the molecule is CCCCN(CCCCN)C(=O)CN1C[C@H](c2ccc3c(c2)CCO3)[C@@H](C(=O)O)[C@@H]1CCn1cccn1. The smallest absolute Gasteiger partial charge is 0.308 e. The van der Waals surface area contributed by atoms with Crippen LogP contribution < -0.4 is 10.5 Å². The predicted octanol–water partition coefficient (Wildman–Crippen LogP) is 2.74. The van der Waals surface area contributed by atoms with Gasteiger partial charge < -0.3 is 20.5 Å². The second kappa shape index (κ2) is 13.1. The van der Waals surface area contributed by atoms with Gasteiger partial charge in [-0.2, -0.15) is 5.10 Å². The summed E-state index contributed by atoms with van der Waals surface area (Å²) in [5, 5.41) is 14.7. The molecule has 1 amide bonds. The van der Waals surface area contributed by atoms with Crippen LogP contribution in [0, 0.1) is 5.92 Å². The maximum atomic E-state index is 13.5. The van der Waals surface area contributed by atoms with Gasteiger partial charge in [0.25, 0.3) is 0 Å². The number of nitrogens with zero attached hydrogens (tertiary/aromatic N) is 4. The molecule has 0 saturated carbocycles. The molecule has 0 aliphatic carbocycles. The number of ether oxygens (including phenoxy) is 1. The van der Waals surface area contributed by atoms with E-state index in [0.717, 1.165) is 55.5 Å². The van der Waals surface area contributed by atoms with Crippen molar-refractivity contribution in [2.24, 2.45) is 11.7 Å². The molecule has 3 N–H and O–H groups in total. The number of nitrogens with two attached hydrogens (primary N) is 1. The number of aromatic nitrogens is 2. The molecule has 0 radical (unpaired) electrons. The molecule has 0 unspecified atom stereocenters. The largest absolute Gasteiger partial charge is 0.493 e. The molecule has 1 aromatic heterocycles. The Morgan fingerprint density at radius 1 is 1.24 bits per heavy atom. The van der Waals surface area contributed by atoms with E-state index in [4.69, 9.17) is 10.5 Å². The summed E-state index contributed by atoms with van der Waals surface area (Å²) >= 11 is 0. The van der Waals surface area contributed by atoms with Gasteiger partial charge in [-0.15, -0.1) is 0 Å². The third-order valence-electron chi connectivity index (χ3n) is 7.74. The van der Waals surface area contributed by atoms with Crippen LogP contribution in [0.1, 0.15) is 56.1 Å². The lowest BCUT2D eigenvalue weighted by Gasteiger charge is -2.29. The molecule has 1 saturated heterocycles. The Hall–Kier alpha value is -2.91. The molecular weight excluding hydrogens is 470 g/mol. The summed E-state index contributed by atoms with van der Waals surface area (Å²) in [7, 11) is 0. The van der Waals surface area contributed by atoms with Crippen LogP contribution in [0.5, 0.6) is 5.75 Å². The van der Waals surface area contributed by atoms with Crippen molar-refractivity contribution in [1.29, 1.82) is 0 Å². The highest BCUT2D eigenvalue weighted by Gasteiger charge is 2.47. The number of unbranched alkanes of at least 4 members (excludes halogenated alkanes) is 2. The number of aryl methyl sites for hydroxylation is 1. The lowest BCUT2D eigenvalue weighted by atomic mass is 9.83. The van der Waals surface area contributed by atoms with Crippen molar-refractivity contribution in [3.05, 3.63) is 47.8 Å². The molecule has 4 rings (SSSR count). The highest BCUT2D eigenvalue weighted by Crippen LogP contribution is 2.41. The molecule has 9 heteroatoms. The molecule has 2 aliphatic rings. The fourth-order valence-corrected chi connectivity index (χ4v) is 5.76. The third kappa shape index (κ3) is 6.70. The number of benzene rings is 1. The van der Waals surface area contributed by atoms with Gasteiger partial charge in [-0.25, -0.2) is 0 Å². The minimum atomic E-state index is -0.812. The number of aliphatic carboxylic acids is 1. The highest BCUT2D eigenvalue weighted by molar-refractivity contribution is 5.79. The number of carboxylic acids is 1. The number of carbonyl (C=O) groups excluding carboxylic acids is 1. The zero-order chi connectivity index (χ0) is 26.2. The number of hydrogen-bond acceptors (Lipinski definition) is 6. The van der Waals surface area contributed by atoms with Gasteiger partial charge in [-0.3, -0.25) is 19.2 Å². The Bertz CT molecular complexity index is 1030. The van der Waals surface area contributed by atoms with E-state index in [9.17, 15) is 14.7 Å². The molecule has 1 fully saturated rings. The monoisotopic (exact) mass is 511 g/mol. The van der Waals surface area contributed by atoms with E-state index in [0.29, 0.717) is 39.2 Å². The van der Waals surface area contributed by atoms with Crippen molar-refractivity contribution < 1.29 is 19.4 Å². The maximum absolute atomic E-state index is 13.5. The summed E-state index contributed by atoms with van der Waals surface area (Å²) < 4.78 is 7.50. The van der Waals surface area contributed by atoms with Crippen LogP contribution >= 0.6 is 0 Å². The van der Waals surface area contributed by atoms with Crippen molar-refractivity contribution in [3.63, 3.8) is 0 Å². The van der Waals surface area contributed by atoms with E-state index in [2.05, 4.69) is 23.0 Å². The molecular formula is C28H41N5O4. The van der Waals surface area contributed by atoms with Crippen LogP contribution in [0.15, 0.2) is 36.7 Å². The maximum Gasteiger partial charge on any atom is 0.308 e. The van der Waals surface area contributed by atoms with Crippen LogP contribution in [0.4, 0.5) is 0 Å². The van der Waals surface area contributed by atoms with Crippen LogP contribution in [0.2, 0.25) is 0 Å². The fourth-order valence-electron chi connectivity index (χ4n) is 5.76. The minimum absolute atomic E-state index is 0.0710. The Labute approximate surface area is 219 Å². The Morgan fingerprint density at radius 2 is 2.08 bits per heavy atom. The van der Waals surface area contributed by atoms with Gasteiger partial charge in [-0.05, 0) is 55.5 Å². The Morgan fingerprint density at radius 3 is 2.81 bits per heavy atom. The van der Waals surface area contributed by atoms with Crippen molar-refractivity contribution >= 4 is 11.9 Å². The zero-order valence-electron chi connectivity index (χ0n) is 21.9. The number of likely N-dealkylation sites (tertiary alicyclic amines) is 1. The fraction of sp³-hybridized carbons (Fsp3) is 0.607. The molecule has 3 heterocycles. The summed E-state index contributed by atoms with van der Waals surface area (Å²) in [6.45, 7) is 6.19. The number of hydrogen-bond donors (Lipinski definition) is 2. The second-order valence-electron chi connectivity index (χ2n) is 10.2. The Kier molecular flexibility index (Phi) is 9.57. The van der Waals surface area contributed by atoms with E-state index in [1.54, 1.807) is 6.20 Å². The molecule has 37 heavy (non-hydrogen) atoms.